The first-order valence-electron chi connectivity index (χ1n) is 6.18. The summed E-state index contributed by atoms with van der Waals surface area (Å²) in [6.45, 7) is 2.82. The van der Waals surface area contributed by atoms with Crippen LogP contribution in [-0.4, -0.2) is 4.57 Å². The Bertz CT molecular complexity index is 561. The van der Waals surface area contributed by atoms with Crippen LogP contribution in [0.5, 0.6) is 0 Å². The summed E-state index contributed by atoms with van der Waals surface area (Å²) in [5.41, 5.74) is 9.60. The molecule has 3 heteroatoms. The fourth-order valence-corrected chi connectivity index (χ4v) is 2.17. The summed E-state index contributed by atoms with van der Waals surface area (Å²) < 4.78 is 2.02. The van der Waals surface area contributed by atoms with E-state index < -0.39 is 0 Å². The molecule has 0 fully saturated rings. The van der Waals surface area contributed by atoms with E-state index in [1.165, 1.54) is 5.56 Å². The van der Waals surface area contributed by atoms with Gasteiger partial charge in [-0.15, -0.1) is 0 Å². The third-order valence-electron chi connectivity index (χ3n) is 3.03. The Hall–Kier alpha value is -2.21. The molecule has 0 aliphatic carbocycles. The second-order valence-corrected chi connectivity index (χ2v) is 4.37. The van der Waals surface area contributed by atoms with Gasteiger partial charge in [-0.25, -0.2) is 0 Å². The third kappa shape index (κ3) is 2.38. The van der Waals surface area contributed by atoms with Gasteiger partial charge in [-0.1, -0.05) is 43.7 Å². The molecule has 0 amide bonds. The standard InChI is InChI=1S/C15H17N3/c1-2-6-15-14(17)9-13(10-16)18(15)11-12-7-4-3-5-8-12/h3-5,7-9H,2,6,11,17H2,1H3. The Morgan fingerprint density at radius 1 is 1.28 bits per heavy atom. The number of nitriles is 1. The topological polar surface area (TPSA) is 54.7 Å². The summed E-state index contributed by atoms with van der Waals surface area (Å²) in [4.78, 5) is 0. The Morgan fingerprint density at radius 2 is 2.00 bits per heavy atom. The van der Waals surface area contributed by atoms with Gasteiger partial charge < -0.3 is 10.3 Å². The zero-order valence-corrected chi connectivity index (χ0v) is 10.6. The van der Waals surface area contributed by atoms with E-state index in [2.05, 4.69) is 25.1 Å². The first kappa shape index (κ1) is 12.3. The van der Waals surface area contributed by atoms with E-state index in [0.717, 1.165) is 24.2 Å². The highest BCUT2D eigenvalue weighted by Gasteiger charge is 2.12. The van der Waals surface area contributed by atoms with Gasteiger partial charge in [-0.2, -0.15) is 5.26 Å². The Labute approximate surface area is 107 Å². The highest BCUT2D eigenvalue weighted by Crippen LogP contribution is 2.21. The minimum Gasteiger partial charge on any atom is -0.397 e. The van der Waals surface area contributed by atoms with Crippen LogP contribution in [0.3, 0.4) is 0 Å². The smallest absolute Gasteiger partial charge is 0.122 e. The summed E-state index contributed by atoms with van der Waals surface area (Å²) in [6, 6.07) is 14.1. The molecule has 2 N–H and O–H groups in total. The van der Waals surface area contributed by atoms with Crippen molar-refractivity contribution in [3.8, 4) is 6.07 Å². The van der Waals surface area contributed by atoms with Gasteiger partial charge in [0.1, 0.15) is 11.8 Å². The molecule has 1 aromatic carbocycles. The quantitative estimate of drug-likeness (QED) is 0.891. The van der Waals surface area contributed by atoms with E-state index in [4.69, 9.17) is 5.73 Å². The van der Waals surface area contributed by atoms with Crippen molar-refractivity contribution >= 4 is 5.69 Å². The molecule has 1 heterocycles. The minimum absolute atomic E-state index is 0.639. The Morgan fingerprint density at radius 3 is 2.61 bits per heavy atom. The Balaban J connectivity index is 2.39. The van der Waals surface area contributed by atoms with Gasteiger partial charge in [0, 0.05) is 12.2 Å². The van der Waals surface area contributed by atoms with E-state index in [1.54, 1.807) is 6.07 Å². The zero-order chi connectivity index (χ0) is 13.0. The normalized spacial score (nSPS) is 10.2. The summed E-state index contributed by atoms with van der Waals surface area (Å²) in [5.74, 6) is 0. The lowest BCUT2D eigenvalue weighted by atomic mass is 10.2. The van der Waals surface area contributed by atoms with Crippen LogP contribution in [-0.2, 0) is 13.0 Å². The van der Waals surface area contributed by atoms with E-state index in [-0.39, 0.29) is 0 Å². The predicted octanol–water partition coefficient (Wildman–Crippen LogP) is 2.94. The van der Waals surface area contributed by atoms with Crippen molar-refractivity contribution in [3.63, 3.8) is 0 Å². The van der Waals surface area contributed by atoms with Crippen LogP contribution in [0, 0.1) is 11.3 Å². The Kier molecular flexibility index (Phi) is 3.69. The molecule has 2 rings (SSSR count). The van der Waals surface area contributed by atoms with Gasteiger partial charge in [0.25, 0.3) is 0 Å². The first-order valence-corrected chi connectivity index (χ1v) is 6.18. The number of hydrogen-bond donors (Lipinski definition) is 1. The van der Waals surface area contributed by atoms with Crippen LogP contribution < -0.4 is 5.73 Å². The van der Waals surface area contributed by atoms with Crippen molar-refractivity contribution in [1.82, 2.24) is 4.57 Å². The summed E-state index contributed by atoms with van der Waals surface area (Å²) >= 11 is 0. The van der Waals surface area contributed by atoms with Crippen LogP contribution in [0.25, 0.3) is 0 Å². The van der Waals surface area contributed by atoms with Crippen molar-refractivity contribution in [1.29, 1.82) is 5.26 Å². The number of rotatable bonds is 4. The average molecular weight is 239 g/mol. The van der Waals surface area contributed by atoms with Crippen LogP contribution in [0.2, 0.25) is 0 Å². The van der Waals surface area contributed by atoms with Crippen LogP contribution in [0.15, 0.2) is 36.4 Å². The maximum absolute atomic E-state index is 9.18. The molecular formula is C15H17N3. The average Bonchev–Trinajstić information content (AvgIpc) is 2.69. The molecule has 0 aliphatic heterocycles. The van der Waals surface area contributed by atoms with Crippen molar-refractivity contribution in [2.75, 3.05) is 5.73 Å². The van der Waals surface area contributed by atoms with Gasteiger partial charge >= 0.3 is 0 Å². The highest BCUT2D eigenvalue weighted by molar-refractivity contribution is 5.51. The molecule has 0 spiro atoms. The molecule has 18 heavy (non-hydrogen) atoms. The summed E-state index contributed by atoms with van der Waals surface area (Å²) in [6.07, 6.45) is 1.92. The third-order valence-corrected chi connectivity index (χ3v) is 3.03. The van der Waals surface area contributed by atoms with E-state index >= 15 is 0 Å². The van der Waals surface area contributed by atoms with E-state index in [9.17, 15) is 5.26 Å². The minimum atomic E-state index is 0.639. The molecule has 0 radical (unpaired) electrons. The number of benzene rings is 1. The van der Waals surface area contributed by atoms with Crippen molar-refractivity contribution in [3.05, 3.63) is 53.3 Å². The molecule has 1 aromatic heterocycles. The van der Waals surface area contributed by atoms with Crippen molar-refractivity contribution in [2.45, 2.75) is 26.3 Å². The zero-order valence-electron chi connectivity index (χ0n) is 10.6. The molecule has 2 aromatic rings. The summed E-state index contributed by atoms with van der Waals surface area (Å²) in [5, 5.41) is 9.18. The molecule has 0 bridgehead atoms. The second kappa shape index (κ2) is 5.42. The van der Waals surface area contributed by atoms with Gasteiger partial charge in [0.05, 0.1) is 5.69 Å². The fraction of sp³-hybridized carbons (Fsp3) is 0.267. The number of aromatic nitrogens is 1. The first-order chi connectivity index (χ1) is 8.76. The van der Waals surface area contributed by atoms with Crippen LogP contribution in [0.1, 0.15) is 30.3 Å². The number of hydrogen-bond acceptors (Lipinski definition) is 2. The molecule has 0 atom stereocenters. The lowest BCUT2D eigenvalue weighted by molar-refractivity contribution is 0.719. The SMILES string of the molecule is CCCc1c(N)cc(C#N)n1Cc1ccccc1. The summed E-state index contributed by atoms with van der Waals surface area (Å²) in [7, 11) is 0. The molecule has 92 valence electrons. The number of nitrogens with two attached hydrogens (primary N) is 1. The monoisotopic (exact) mass is 239 g/mol. The fourth-order valence-electron chi connectivity index (χ4n) is 2.17. The maximum atomic E-state index is 9.18. The number of anilines is 1. The predicted molar refractivity (Wildman–Crippen MR) is 73.1 cm³/mol. The maximum Gasteiger partial charge on any atom is 0.122 e. The molecule has 0 saturated carbocycles. The molecule has 0 unspecified atom stereocenters. The number of nitrogen functional groups attached to an aromatic ring is 1. The van der Waals surface area contributed by atoms with Crippen molar-refractivity contribution in [2.24, 2.45) is 0 Å². The van der Waals surface area contributed by atoms with Crippen LogP contribution >= 0.6 is 0 Å². The highest BCUT2D eigenvalue weighted by atomic mass is 15.0. The van der Waals surface area contributed by atoms with E-state index in [1.807, 2.05) is 22.8 Å². The molecule has 0 aliphatic rings. The number of nitrogens with zero attached hydrogens (tertiary/aromatic N) is 2. The van der Waals surface area contributed by atoms with Crippen LogP contribution in [0.4, 0.5) is 5.69 Å². The lowest BCUT2D eigenvalue weighted by Gasteiger charge is -2.10. The lowest BCUT2D eigenvalue weighted by Crippen LogP contribution is -2.07. The molecular weight excluding hydrogens is 222 g/mol. The van der Waals surface area contributed by atoms with Crippen molar-refractivity contribution < 1.29 is 0 Å². The largest absolute Gasteiger partial charge is 0.397 e. The van der Waals surface area contributed by atoms with Gasteiger partial charge in [-0.3, -0.25) is 0 Å². The molecule has 0 saturated heterocycles. The molecule has 3 nitrogen and oxygen atoms in total. The van der Waals surface area contributed by atoms with E-state index in [0.29, 0.717) is 12.2 Å². The van der Waals surface area contributed by atoms with Gasteiger partial charge in [0.2, 0.25) is 0 Å². The second-order valence-electron chi connectivity index (χ2n) is 4.37. The van der Waals surface area contributed by atoms with Gasteiger partial charge in [-0.05, 0) is 18.1 Å². The van der Waals surface area contributed by atoms with Gasteiger partial charge in [0.15, 0.2) is 0 Å².